The lowest BCUT2D eigenvalue weighted by Crippen LogP contribution is -2.46. The van der Waals surface area contributed by atoms with Gasteiger partial charge in [-0.3, -0.25) is 19.4 Å². The summed E-state index contributed by atoms with van der Waals surface area (Å²) in [4.78, 5) is 54.3. The van der Waals surface area contributed by atoms with Crippen molar-refractivity contribution in [3.05, 3.63) is 55.1 Å². The molecular weight excluding hydrogens is 490 g/mol. The van der Waals surface area contributed by atoms with Crippen LogP contribution in [0.5, 0.6) is 5.75 Å². The molecule has 0 aromatic heterocycles. The summed E-state index contributed by atoms with van der Waals surface area (Å²) in [7, 11) is 1.22. The van der Waals surface area contributed by atoms with Crippen molar-refractivity contribution in [3.63, 3.8) is 0 Å². The van der Waals surface area contributed by atoms with E-state index in [1.165, 1.54) is 20.1 Å². The van der Waals surface area contributed by atoms with Gasteiger partial charge in [0.05, 0.1) is 13.2 Å². The number of rotatable bonds is 18. The van der Waals surface area contributed by atoms with Gasteiger partial charge in [0.2, 0.25) is 11.8 Å². The Bertz CT molecular complexity index is 988. The first kappa shape index (κ1) is 31.9. The van der Waals surface area contributed by atoms with Crippen LogP contribution >= 0.6 is 0 Å². The van der Waals surface area contributed by atoms with E-state index < -0.39 is 29.9 Å². The minimum Gasteiger partial charge on any atom is -0.490 e. The maximum atomic E-state index is 13.3. The number of aliphatic imine (C=N–C) groups is 1. The zero-order valence-corrected chi connectivity index (χ0v) is 22.1. The number of carbonyl (C=O) groups is 4. The summed E-state index contributed by atoms with van der Waals surface area (Å²) in [6.07, 6.45) is 4.04. The summed E-state index contributed by atoms with van der Waals surface area (Å²) in [5.74, 6) is -2.04. The van der Waals surface area contributed by atoms with Crippen LogP contribution in [-0.2, 0) is 30.3 Å². The number of nitrogens with zero attached hydrogens (tertiary/aromatic N) is 1. The van der Waals surface area contributed by atoms with Crippen molar-refractivity contribution in [1.82, 2.24) is 10.6 Å². The van der Waals surface area contributed by atoms with Crippen molar-refractivity contribution < 1.29 is 28.7 Å². The predicted octanol–water partition coefficient (Wildman–Crippen LogP) is 1.16. The summed E-state index contributed by atoms with van der Waals surface area (Å²) in [6.45, 7) is 9.16. The van der Waals surface area contributed by atoms with E-state index in [-0.39, 0.29) is 49.9 Å². The summed E-state index contributed by atoms with van der Waals surface area (Å²) >= 11 is 0. The van der Waals surface area contributed by atoms with E-state index in [1.807, 2.05) is 0 Å². The highest BCUT2D eigenvalue weighted by Gasteiger charge is 2.30. The Hall–Kier alpha value is -4.15. The second-order valence-electron chi connectivity index (χ2n) is 8.63. The lowest BCUT2D eigenvalue weighted by atomic mass is 9.90. The number of guanidine groups is 1. The largest absolute Gasteiger partial charge is 0.490 e. The normalized spacial score (nSPS) is 12.7. The van der Waals surface area contributed by atoms with Gasteiger partial charge in [0.15, 0.2) is 11.7 Å². The number of carbonyl (C=O) groups excluding carboxylic acids is 4. The molecule has 0 heterocycles. The van der Waals surface area contributed by atoms with Gasteiger partial charge in [-0.1, -0.05) is 30.9 Å². The molecule has 0 bridgehead atoms. The van der Waals surface area contributed by atoms with Crippen molar-refractivity contribution in [2.24, 2.45) is 22.4 Å². The number of benzene rings is 1. The molecule has 2 amide bonds. The van der Waals surface area contributed by atoms with E-state index in [0.29, 0.717) is 18.8 Å². The summed E-state index contributed by atoms with van der Waals surface area (Å²) in [6, 6.07) is 5.34. The van der Waals surface area contributed by atoms with Crippen LogP contribution in [0.2, 0.25) is 0 Å². The van der Waals surface area contributed by atoms with Crippen molar-refractivity contribution in [2.45, 2.75) is 51.1 Å². The second-order valence-corrected chi connectivity index (χ2v) is 8.63. The summed E-state index contributed by atoms with van der Waals surface area (Å²) < 4.78 is 10.2. The standard InChI is InChI=1S/C27H39N5O6/c1-5-8-22(26(36)37-4)32-25(35)20(9-7-14-30-27(28)29)17-24(34)23(31-18(3)33)16-19-10-12-21(13-11-19)38-15-6-2/h5-6,10-13,20,22-23H,1-2,7-9,14-17H2,3-4H3,(H,31,33)(H,32,35)(H4,28,29,30)/t20-,22+,23-/m0/s1. The molecule has 6 N–H and O–H groups in total. The fourth-order valence-corrected chi connectivity index (χ4v) is 3.67. The average molecular weight is 530 g/mol. The Morgan fingerprint density at radius 1 is 1.05 bits per heavy atom. The first-order chi connectivity index (χ1) is 18.1. The number of esters is 1. The maximum absolute atomic E-state index is 13.3. The van der Waals surface area contributed by atoms with E-state index >= 15 is 0 Å². The molecule has 208 valence electrons. The number of amides is 2. The van der Waals surface area contributed by atoms with E-state index in [9.17, 15) is 19.2 Å². The van der Waals surface area contributed by atoms with Gasteiger partial charge in [-0.25, -0.2) is 4.79 Å². The SMILES string of the molecule is C=CCOc1ccc(C[C@H](NC(C)=O)C(=O)C[C@H](CCCN=C(N)N)C(=O)N[C@H](CC=C)C(=O)OC)cc1. The number of hydrogen-bond acceptors (Lipinski definition) is 7. The lowest BCUT2D eigenvalue weighted by molar-refractivity contribution is -0.145. The Kier molecular flexibility index (Phi) is 14.5. The first-order valence-corrected chi connectivity index (χ1v) is 12.3. The molecule has 1 rings (SSSR count). The quantitative estimate of drug-likeness (QED) is 0.0720. The lowest BCUT2D eigenvalue weighted by Gasteiger charge is -2.23. The van der Waals surface area contributed by atoms with Crippen molar-refractivity contribution in [1.29, 1.82) is 0 Å². The van der Waals surface area contributed by atoms with E-state index in [1.54, 1.807) is 30.3 Å². The number of nitrogens with one attached hydrogen (secondary N) is 2. The van der Waals surface area contributed by atoms with E-state index in [0.717, 1.165) is 5.56 Å². The van der Waals surface area contributed by atoms with E-state index in [2.05, 4.69) is 28.8 Å². The second kappa shape index (κ2) is 17.3. The molecule has 38 heavy (non-hydrogen) atoms. The van der Waals surface area contributed by atoms with Gasteiger partial charge in [-0.2, -0.15) is 0 Å². The topological polar surface area (TPSA) is 175 Å². The maximum Gasteiger partial charge on any atom is 0.328 e. The van der Waals surface area contributed by atoms with Crippen LogP contribution in [0.15, 0.2) is 54.6 Å². The number of hydrogen-bond donors (Lipinski definition) is 4. The van der Waals surface area contributed by atoms with Gasteiger partial charge in [-0.05, 0) is 43.4 Å². The molecule has 0 saturated carbocycles. The number of methoxy groups -OCH3 is 1. The van der Waals surface area contributed by atoms with Gasteiger partial charge >= 0.3 is 5.97 Å². The molecule has 0 fully saturated rings. The Morgan fingerprint density at radius 3 is 2.29 bits per heavy atom. The van der Waals surface area contributed by atoms with Crippen LogP contribution in [0.1, 0.15) is 38.2 Å². The van der Waals surface area contributed by atoms with Crippen molar-refractivity contribution in [3.8, 4) is 5.75 Å². The van der Waals surface area contributed by atoms with Crippen LogP contribution in [0.4, 0.5) is 0 Å². The molecule has 1 aromatic rings. The van der Waals surface area contributed by atoms with Crippen molar-refractivity contribution >= 4 is 29.5 Å². The van der Waals surface area contributed by atoms with Crippen LogP contribution in [-0.4, -0.2) is 61.9 Å². The third-order valence-electron chi connectivity index (χ3n) is 5.53. The van der Waals surface area contributed by atoms with Gasteiger partial charge < -0.3 is 31.6 Å². The third-order valence-corrected chi connectivity index (χ3v) is 5.53. The fourth-order valence-electron chi connectivity index (χ4n) is 3.67. The molecule has 0 spiro atoms. The summed E-state index contributed by atoms with van der Waals surface area (Å²) in [5.41, 5.74) is 11.5. The number of nitrogens with two attached hydrogens (primary N) is 2. The smallest absolute Gasteiger partial charge is 0.328 e. The molecule has 0 aliphatic rings. The van der Waals surface area contributed by atoms with Crippen LogP contribution < -0.4 is 26.8 Å². The zero-order valence-electron chi connectivity index (χ0n) is 22.1. The molecular formula is C27H39N5O6. The van der Waals surface area contributed by atoms with Crippen LogP contribution in [0.3, 0.4) is 0 Å². The number of ether oxygens (including phenoxy) is 2. The molecule has 0 aliphatic carbocycles. The Morgan fingerprint density at radius 2 is 1.74 bits per heavy atom. The van der Waals surface area contributed by atoms with Gasteiger partial charge in [0.25, 0.3) is 0 Å². The number of ketones is 1. The minimum absolute atomic E-state index is 0.0783. The Labute approximate surface area is 223 Å². The average Bonchev–Trinajstić information content (AvgIpc) is 2.88. The van der Waals surface area contributed by atoms with Crippen molar-refractivity contribution in [2.75, 3.05) is 20.3 Å². The molecule has 1 aromatic carbocycles. The first-order valence-electron chi connectivity index (χ1n) is 12.3. The number of Topliss-reactive ketones (excluding diaryl/α,β-unsaturated/α-hetero) is 1. The molecule has 11 nitrogen and oxygen atoms in total. The fraction of sp³-hybridized carbons (Fsp3) is 0.444. The monoisotopic (exact) mass is 529 g/mol. The van der Waals surface area contributed by atoms with Gasteiger partial charge in [0, 0.05) is 25.8 Å². The highest BCUT2D eigenvalue weighted by molar-refractivity contribution is 5.93. The minimum atomic E-state index is -0.937. The Balaban J connectivity index is 3.06. The molecule has 3 atom stereocenters. The van der Waals surface area contributed by atoms with Gasteiger partial charge in [0.1, 0.15) is 18.4 Å². The van der Waals surface area contributed by atoms with Gasteiger partial charge in [-0.15, -0.1) is 6.58 Å². The molecule has 0 aliphatic heterocycles. The summed E-state index contributed by atoms with van der Waals surface area (Å²) in [5, 5.41) is 5.33. The highest BCUT2D eigenvalue weighted by Crippen LogP contribution is 2.18. The predicted molar refractivity (Wildman–Crippen MR) is 145 cm³/mol. The van der Waals surface area contributed by atoms with Crippen LogP contribution in [0, 0.1) is 5.92 Å². The zero-order chi connectivity index (χ0) is 28.5. The third kappa shape index (κ3) is 12.2. The molecule has 0 radical (unpaired) electrons. The van der Waals surface area contributed by atoms with Crippen LogP contribution in [0.25, 0.3) is 0 Å². The van der Waals surface area contributed by atoms with E-state index in [4.69, 9.17) is 20.9 Å². The molecule has 0 saturated heterocycles. The molecule has 11 heteroatoms. The molecule has 0 unspecified atom stereocenters. The highest BCUT2D eigenvalue weighted by atomic mass is 16.5.